The largest absolute Gasteiger partial charge is 0.306 e. The van der Waals surface area contributed by atoms with Gasteiger partial charge in [-0.05, 0) is 12.1 Å². The third kappa shape index (κ3) is 1.96. The van der Waals surface area contributed by atoms with E-state index in [9.17, 15) is 4.79 Å². The van der Waals surface area contributed by atoms with Crippen molar-refractivity contribution >= 4 is 5.78 Å². The smallest absolute Gasteiger partial charge is 0.162 e. The van der Waals surface area contributed by atoms with Gasteiger partial charge in [-0.3, -0.25) is 4.79 Å². The molecule has 0 spiro atoms. The molecule has 0 aliphatic rings. The Bertz CT molecular complexity index is 460. The molecular weight excluding hydrogens is 188 g/mol. The van der Waals surface area contributed by atoms with Crippen molar-refractivity contribution in [2.24, 2.45) is 0 Å². The molecule has 1 aromatic heterocycles. The van der Waals surface area contributed by atoms with Crippen LogP contribution in [0.15, 0.2) is 43.0 Å². The first-order valence-corrected chi connectivity index (χ1v) is 4.93. The van der Waals surface area contributed by atoms with Crippen LogP contribution in [0.5, 0.6) is 0 Å². The van der Waals surface area contributed by atoms with Crippen LogP contribution in [0.3, 0.4) is 0 Å². The average molecular weight is 200 g/mol. The van der Waals surface area contributed by atoms with E-state index in [1.165, 1.54) is 0 Å². The quantitative estimate of drug-likeness (QED) is 0.713. The van der Waals surface area contributed by atoms with E-state index < -0.39 is 0 Å². The number of Topliss-reactive ketones (excluding diaryl/α,β-unsaturated/α-hetero) is 1. The molecule has 0 saturated carbocycles. The average Bonchev–Trinajstić information content (AvgIpc) is 2.82. The molecule has 2 aromatic rings. The highest BCUT2D eigenvalue weighted by Gasteiger charge is 2.03. The van der Waals surface area contributed by atoms with Crippen LogP contribution >= 0.6 is 0 Å². The van der Waals surface area contributed by atoms with Crippen molar-refractivity contribution in [2.45, 2.75) is 13.3 Å². The lowest BCUT2D eigenvalue weighted by Gasteiger charge is -2.03. The summed E-state index contributed by atoms with van der Waals surface area (Å²) in [6, 6.07) is 7.56. The minimum atomic E-state index is 0.164. The second-order valence-electron chi connectivity index (χ2n) is 3.30. The first-order valence-electron chi connectivity index (χ1n) is 4.93. The SMILES string of the molecule is CCC(=O)c1cccc(-n2ccnc2)c1. The molecule has 0 bridgehead atoms. The summed E-state index contributed by atoms with van der Waals surface area (Å²) in [5.74, 6) is 0.164. The lowest BCUT2D eigenvalue weighted by molar-refractivity contribution is 0.0988. The summed E-state index contributed by atoms with van der Waals surface area (Å²) < 4.78 is 1.88. The van der Waals surface area contributed by atoms with Crippen molar-refractivity contribution in [1.29, 1.82) is 0 Å². The van der Waals surface area contributed by atoms with Crippen LogP contribution < -0.4 is 0 Å². The maximum absolute atomic E-state index is 11.5. The van der Waals surface area contributed by atoms with Gasteiger partial charge in [0.05, 0.1) is 6.33 Å². The molecule has 0 fully saturated rings. The zero-order valence-electron chi connectivity index (χ0n) is 8.55. The van der Waals surface area contributed by atoms with Crippen LogP contribution in [0.2, 0.25) is 0 Å². The molecule has 76 valence electrons. The number of aromatic nitrogens is 2. The molecule has 1 heterocycles. The molecule has 0 unspecified atom stereocenters. The van der Waals surface area contributed by atoms with Gasteiger partial charge in [-0.1, -0.05) is 19.1 Å². The molecule has 1 aromatic carbocycles. The van der Waals surface area contributed by atoms with Gasteiger partial charge in [0.25, 0.3) is 0 Å². The van der Waals surface area contributed by atoms with Gasteiger partial charge in [-0.2, -0.15) is 0 Å². The Labute approximate surface area is 88.4 Å². The van der Waals surface area contributed by atoms with Crippen LogP contribution in [0.25, 0.3) is 5.69 Å². The third-order valence-corrected chi connectivity index (χ3v) is 2.29. The first kappa shape index (κ1) is 9.65. The minimum Gasteiger partial charge on any atom is -0.306 e. The fourth-order valence-electron chi connectivity index (χ4n) is 1.46. The van der Waals surface area contributed by atoms with Gasteiger partial charge in [-0.25, -0.2) is 4.98 Å². The number of carbonyl (C=O) groups excluding carboxylic acids is 1. The molecule has 2 rings (SSSR count). The van der Waals surface area contributed by atoms with E-state index in [0.717, 1.165) is 11.3 Å². The van der Waals surface area contributed by atoms with Gasteiger partial charge in [-0.15, -0.1) is 0 Å². The minimum absolute atomic E-state index is 0.164. The van der Waals surface area contributed by atoms with E-state index in [4.69, 9.17) is 0 Å². The number of benzene rings is 1. The summed E-state index contributed by atoms with van der Waals surface area (Å²) in [6.45, 7) is 1.87. The zero-order valence-corrected chi connectivity index (χ0v) is 8.55. The van der Waals surface area contributed by atoms with Gasteiger partial charge in [0.2, 0.25) is 0 Å². The fraction of sp³-hybridized carbons (Fsp3) is 0.167. The predicted molar refractivity (Wildman–Crippen MR) is 58.2 cm³/mol. The molecule has 0 amide bonds. The summed E-state index contributed by atoms with van der Waals surface area (Å²) >= 11 is 0. The number of hydrogen-bond acceptors (Lipinski definition) is 2. The van der Waals surface area contributed by atoms with Gasteiger partial charge >= 0.3 is 0 Å². The van der Waals surface area contributed by atoms with Crippen molar-refractivity contribution in [3.63, 3.8) is 0 Å². The van der Waals surface area contributed by atoms with E-state index in [-0.39, 0.29) is 5.78 Å². The van der Waals surface area contributed by atoms with E-state index in [1.54, 1.807) is 12.5 Å². The lowest BCUT2D eigenvalue weighted by Crippen LogP contribution is -1.98. The molecule has 0 atom stereocenters. The second kappa shape index (κ2) is 4.09. The number of nitrogens with zero attached hydrogens (tertiary/aromatic N) is 2. The third-order valence-electron chi connectivity index (χ3n) is 2.29. The standard InChI is InChI=1S/C12H12N2O/c1-2-12(15)10-4-3-5-11(8-10)14-7-6-13-9-14/h3-9H,2H2,1H3. The van der Waals surface area contributed by atoms with Gasteiger partial charge in [0.1, 0.15) is 0 Å². The van der Waals surface area contributed by atoms with Crippen molar-refractivity contribution in [2.75, 3.05) is 0 Å². The van der Waals surface area contributed by atoms with Crippen LogP contribution in [0.1, 0.15) is 23.7 Å². The van der Waals surface area contributed by atoms with Crippen molar-refractivity contribution in [3.8, 4) is 5.69 Å². The first-order chi connectivity index (χ1) is 7.31. The summed E-state index contributed by atoms with van der Waals surface area (Å²) in [6.07, 6.45) is 5.83. The lowest BCUT2D eigenvalue weighted by atomic mass is 10.1. The Morgan fingerprint density at radius 2 is 2.33 bits per heavy atom. The summed E-state index contributed by atoms with van der Waals surface area (Å²) in [4.78, 5) is 15.5. The molecule has 3 nitrogen and oxygen atoms in total. The van der Waals surface area contributed by atoms with E-state index in [2.05, 4.69) is 4.98 Å². The predicted octanol–water partition coefficient (Wildman–Crippen LogP) is 2.47. The fourth-order valence-corrected chi connectivity index (χ4v) is 1.46. The van der Waals surface area contributed by atoms with Crippen LogP contribution in [0, 0.1) is 0 Å². The van der Waals surface area contributed by atoms with Crippen molar-refractivity contribution < 1.29 is 4.79 Å². The number of hydrogen-bond donors (Lipinski definition) is 0. The molecular formula is C12H12N2O. The van der Waals surface area contributed by atoms with Gasteiger partial charge in [0.15, 0.2) is 5.78 Å². The van der Waals surface area contributed by atoms with Crippen LogP contribution in [0.4, 0.5) is 0 Å². The molecule has 0 N–H and O–H groups in total. The number of ketones is 1. The molecule has 3 heteroatoms. The summed E-state index contributed by atoms with van der Waals surface area (Å²) in [5, 5.41) is 0. The maximum atomic E-state index is 11.5. The number of rotatable bonds is 3. The Morgan fingerprint density at radius 3 is 3.00 bits per heavy atom. The number of carbonyl (C=O) groups is 1. The molecule has 0 aliphatic carbocycles. The Hall–Kier alpha value is -1.90. The summed E-state index contributed by atoms with van der Waals surface area (Å²) in [5.41, 5.74) is 1.72. The highest BCUT2D eigenvalue weighted by Crippen LogP contribution is 2.11. The number of imidazole rings is 1. The highest BCUT2D eigenvalue weighted by atomic mass is 16.1. The normalized spacial score (nSPS) is 10.2. The Kier molecular flexibility index (Phi) is 2.63. The van der Waals surface area contributed by atoms with E-state index >= 15 is 0 Å². The Morgan fingerprint density at radius 1 is 1.47 bits per heavy atom. The second-order valence-corrected chi connectivity index (χ2v) is 3.30. The van der Waals surface area contributed by atoms with Gasteiger partial charge in [0, 0.05) is 30.1 Å². The molecule has 0 radical (unpaired) electrons. The molecule has 0 aliphatic heterocycles. The monoisotopic (exact) mass is 200 g/mol. The topological polar surface area (TPSA) is 34.9 Å². The van der Waals surface area contributed by atoms with Crippen LogP contribution in [-0.4, -0.2) is 15.3 Å². The van der Waals surface area contributed by atoms with Gasteiger partial charge < -0.3 is 4.57 Å². The summed E-state index contributed by atoms with van der Waals surface area (Å²) in [7, 11) is 0. The van der Waals surface area contributed by atoms with Crippen molar-refractivity contribution in [3.05, 3.63) is 48.5 Å². The maximum Gasteiger partial charge on any atom is 0.162 e. The zero-order chi connectivity index (χ0) is 10.7. The highest BCUT2D eigenvalue weighted by molar-refractivity contribution is 5.96. The molecule has 0 saturated heterocycles. The molecule has 15 heavy (non-hydrogen) atoms. The van der Waals surface area contributed by atoms with Crippen molar-refractivity contribution in [1.82, 2.24) is 9.55 Å². The van der Waals surface area contributed by atoms with E-state index in [1.807, 2.05) is 42.0 Å². The Balaban J connectivity index is 2.39. The van der Waals surface area contributed by atoms with E-state index in [0.29, 0.717) is 6.42 Å². The van der Waals surface area contributed by atoms with Crippen LogP contribution in [-0.2, 0) is 0 Å².